The summed E-state index contributed by atoms with van der Waals surface area (Å²) in [4.78, 5) is 15.2. The molecule has 34 heavy (non-hydrogen) atoms. The lowest BCUT2D eigenvalue weighted by Gasteiger charge is -2.44. The number of rotatable bonds is 6. The van der Waals surface area contributed by atoms with Gasteiger partial charge in [-0.15, -0.1) is 0 Å². The molecule has 2 bridgehead atoms. The maximum atomic E-state index is 15.3. The molecule has 1 aliphatic carbocycles. The molecule has 2 atom stereocenters. The molecule has 1 unspecified atom stereocenters. The first kappa shape index (κ1) is 23.2. The van der Waals surface area contributed by atoms with Crippen molar-refractivity contribution in [2.24, 2.45) is 11.3 Å². The van der Waals surface area contributed by atoms with Gasteiger partial charge in [-0.1, -0.05) is 32.9 Å². The van der Waals surface area contributed by atoms with Gasteiger partial charge in [0.25, 0.3) is 0 Å². The van der Waals surface area contributed by atoms with E-state index in [1.165, 1.54) is 0 Å². The maximum absolute atomic E-state index is 15.3. The van der Waals surface area contributed by atoms with Crippen LogP contribution in [0.1, 0.15) is 57.2 Å². The Kier molecular flexibility index (Phi) is 6.28. The number of halogens is 1. The van der Waals surface area contributed by atoms with E-state index >= 15 is 4.39 Å². The molecule has 3 heterocycles. The molecule has 2 aromatic carbocycles. The number of ether oxygens (including phenoxy) is 2. The Bertz CT molecular complexity index is 1040. The Labute approximate surface area is 201 Å². The zero-order valence-electron chi connectivity index (χ0n) is 20.4. The Balaban J connectivity index is 1.32. The van der Waals surface area contributed by atoms with Crippen molar-refractivity contribution in [2.45, 2.75) is 58.6 Å². The van der Waals surface area contributed by atoms with E-state index in [4.69, 9.17) is 9.47 Å². The second kappa shape index (κ2) is 9.21. The lowest BCUT2D eigenvalue weighted by molar-refractivity contribution is -0.0349. The lowest BCUT2D eigenvalue weighted by Crippen LogP contribution is -2.53. The average molecular weight is 467 g/mol. The molecule has 2 aromatic rings. The molecule has 1 amide bonds. The summed E-state index contributed by atoms with van der Waals surface area (Å²) in [6.45, 7) is 9.99. The van der Waals surface area contributed by atoms with Crippen LogP contribution in [0.25, 0.3) is 11.1 Å². The van der Waals surface area contributed by atoms with Gasteiger partial charge in [0.1, 0.15) is 17.7 Å². The maximum Gasteiger partial charge on any atom is 0.407 e. The number of fused-ring (bicyclic) bond motifs is 4. The van der Waals surface area contributed by atoms with Crippen LogP contribution in [0.15, 0.2) is 36.4 Å². The summed E-state index contributed by atoms with van der Waals surface area (Å²) in [5.41, 5.74) is 3.08. The number of carbonyl (C=O) groups excluding carboxylic acids is 1. The molecular weight excluding hydrogens is 431 g/mol. The molecule has 3 fully saturated rings. The van der Waals surface area contributed by atoms with Crippen LogP contribution in [0.5, 0.6) is 5.75 Å². The van der Waals surface area contributed by atoms with Gasteiger partial charge in [0.2, 0.25) is 0 Å². The third kappa shape index (κ3) is 4.52. The fourth-order valence-electron chi connectivity index (χ4n) is 5.85. The predicted molar refractivity (Wildman–Crippen MR) is 130 cm³/mol. The topological polar surface area (TPSA) is 50.8 Å². The summed E-state index contributed by atoms with van der Waals surface area (Å²) in [6.07, 6.45) is 3.45. The quantitative estimate of drug-likeness (QED) is 0.591. The van der Waals surface area contributed by atoms with Crippen molar-refractivity contribution in [1.82, 2.24) is 10.2 Å². The van der Waals surface area contributed by atoms with Crippen molar-refractivity contribution in [3.8, 4) is 16.9 Å². The zero-order chi connectivity index (χ0) is 23.9. The van der Waals surface area contributed by atoms with Crippen LogP contribution in [0.3, 0.4) is 0 Å². The van der Waals surface area contributed by atoms with Crippen molar-refractivity contribution < 1.29 is 18.7 Å². The summed E-state index contributed by atoms with van der Waals surface area (Å²) in [5.74, 6) is 0.966. The van der Waals surface area contributed by atoms with Crippen LogP contribution in [0.4, 0.5) is 9.18 Å². The van der Waals surface area contributed by atoms with Crippen molar-refractivity contribution in [3.05, 3.63) is 53.3 Å². The highest BCUT2D eigenvalue weighted by atomic mass is 19.1. The van der Waals surface area contributed by atoms with Gasteiger partial charge in [-0.05, 0) is 91.1 Å². The van der Waals surface area contributed by atoms with E-state index in [-0.39, 0.29) is 23.4 Å². The van der Waals surface area contributed by atoms with Gasteiger partial charge in [-0.2, -0.15) is 0 Å². The molecule has 1 N–H and O–H groups in total. The zero-order valence-corrected chi connectivity index (χ0v) is 20.4. The Morgan fingerprint density at radius 2 is 1.91 bits per heavy atom. The number of piperidine rings is 3. The summed E-state index contributed by atoms with van der Waals surface area (Å²) < 4.78 is 26.8. The monoisotopic (exact) mass is 466 g/mol. The van der Waals surface area contributed by atoms with Crippen LogP contribution in [-0.4, -0.2) is 43.3 Å². The standard InChI is InChI=1S/C28H35FN2O3/c1-4-13-33-21-7-5-18(6-8-21)22-14-20-16-28(2,3)26(23(20)15-24(22)29)30-27(32)34-25-17-31-11-9-19(25)10-12-31/h5-8,14-15,19,25-26H,4,9-13,16-17H2,1-3H3,(H,30,32)/t25-,26?/m0/s1. The van der Waals surface area contributed by atoms with Gasteiger partial charge in [-0.25, -0.2) is 9.18 Å². The summed E-state index contributed by atoms with van der Waals surface area (Å²) in [7, 11) is 0. The van der Waals surface area contributed by atoms with Gasteiger partial charge in [-0.3, -0.25) is 4.90 Å². The predicted octanol–water partition coefficient (Wildman–Crippen LogP) is 5.73. The van der Waals surface area contributed by atoms with Gasteiger partial charge in [0.05, 0.1) is 12.6 Å². The SMILES string of the molecule is CCCOc1ccc(-c2cc3c(cc2F)C(NC(=O)O[C@H]2CN4CCC2CC4)C(C)(C)C3)cc1. The summed E-state index contributed by atoms with van der Waals surface area (Å²) in [5, 5.41) is 3.08. The highest BCUT2D eigenvalue weighted by molar-refractivity contribution is 5.70. The van der Waals surface area contributed by atoms with Crippen LogP contribution in [0, 0.1) is 17.2 Å². The van der Waals surface area contributed by atoms with E-state index in [0.29, 0.717) is 18.1 Å². The van der Waals surface area contributed by atoms with E-state index in [0.717, 1.165) is 67.8 Å². The van der Waals surface area contributed by atoms with E-state index in [2.05, 4.69) is 31.0 Å². The molecule has 0 spiro atoms. The van der Waals surface area contributed by atoms with E-state index in [1.54, 1.807) is 6.07 Å². The highest BCUT2D eigenvalue weighted by Gasteiger charge is 2.42. The number of nitrogens with one attached hydrogen (secondary N) is 1. The third-order valence-electron chi connectivity index (χ3n) is 7.72. The Morgan fingerprint density at radius 1 is 1.18 bits per heavy atom. The van der Waals surface area contributed by atoms with Gasteiger partial charge in [0, 0.05) is 12.1 Å². The number of nitrogens with zero attached hydrogens (tertiary/aromatic N) is 1. The molecule has 0 saturated carbocycles. The van der Waals surface area contributed by atoms with Crippen molar-refractivity contribution in [1.29, 1.82) is 0 Å². The first-order chi connectivity index (χ1) is 16.3. The van der Waals surface area contributed by atoms with Crippen LogP contribution in [-0.2, 0) is 11.2 Å². The van der Waals surface area contributed by atoms with Crippen LogP contribution in [0.2, 0.25) is 0 Å². The second-order valence-electron chi connectivity index (χ2n) is 10.7. The normalized spacial score (nSPS) is 26.7. The van der Waals surface area contributed by atoms with E-state index < -0.39 is 6.09 Å². The number of carbonyl (C=O) groups is 1. The highest BCUT2D eigenvalue weighted by Crippen LogP contribution is 2.47. The smallest absolute Gasteiger partial charge is 0.407 e. The van der Waals surface area contributed by atoms with Crippen LogP contribution >= 0.6 is 0 Å². The Hall–Kier alpha value is -2.60. The molecule has 4 aliphatic rings. The number of amides is 1. The third-order valence-corrected chi connectivity index (χ3v) is 7.72. The lowest BCUT2D eigenvalue weighted by atomic mass is 9.85. The van der Waals surface area contributed by atoms with E-state index in [1.807, 2.05) is 30.3 Å². The van der Waals surface area contributed by atoms with Gasteiger partial charge < -0.3 is 14.8 Å². The minimum Gasteiger partial charge on any atom is -0.494 e. The number of benzene rings is 2. The number of hydrogen-bond donors (Lipinski definition) is 1. The summed E-state index contributed by atoms with van der Waals surface area (Å²) >= 11 is 0. The second-order valence-corrected chi connectivity index (χ2v) is 10.7. The number of hydrogen-bond acceptors (Lipinski definition) is 4. The largest absolute Gasteiger partial charge is 0.494 e. The fraction of sp³-hybridized carbons (Fsp3) is 0.536. The fourth-order valence-corrected chi connectivity index (χ4v) is 5.85. The van der Waals surface area contributed by atoms with Gasteiger partial charge in [0.15, 0.2) is 0 Å². The van der Waals surface area contributed by atoms with Crippen molar-refractivity contribution >= 4 is 6.09 Å². The molecular formula is C28H35FN2O3. The molecule has 3 aliphatic heterocycles. The van der Waals surface area contributed by atoms with Gasteiger partial charge >= 0.3 is 6.09 Å². The van der Waals surface area contributed by atoms with Crippen molar-refractivity contribution in [2.75, 3.05) is 26.2 Å². The average Bonchev–Trinajstić information content (AvgIpc) is 3.07. The molecule has 3 saturated heterocycles. The van der Waals surface area contributed by atoms with Crippen molar-refractivity contribution in [3.63, 3.8) is 0 Å². The molecule has 6 rings (SSSR count). The molecule has 0 aromatic heterocycles. The molecule has 0 radical (unpaired) electrons. The molecule has 6 heteroatoms. The minimum atomic E-state index is -0.392. The number of alkyl carbamates (subject to hydrolysis) is 1. The van der Waals surface area contributed by atoms with E-state index in [9.17, 15) is 4.79 Å². The molecule has 5 nitrogen and oxygen atoms in total. The minimum absolute atomic E-state index is 0.0464. The Morgan fingerprint density at radius 3 is 2.56 bits per heavy atom. The molecule has 182 valence electrons. The van der Waals surface area contributed by atoms with Crippen LogP contribution < -0.4 is 10.1 Å². The first-order valence-electron chi connectivity index (χ1n) is 12.6. The summed E-state index contributed by atoms with van der Waals surface area (Å²) in [6, 6.07) is 10.8. The first-order valence-corrected chi connectivity index (χ1v) is 12.6.